The van der Waals surface area contributed by atoms with Gasteiger partial charge in [-0.05, 0) is 42.3 Å². The van der Waals surface area contributed by atoms with Crippen LogP contribution in [0, 0.1) is 6.92 Å². The molecule has 1 N–H and O–H groups in total. The fraction of sp³-hybridized carbons (Fsp3) is 0.133. The van der Waals surface area contributed by atoms with Gasteiger partial charge in [0, 0.05) is 16.0 Å². The van der Waals surface area contributed by atoms with E-state index in [4.69, 9.17) is 11.6 Å². The molecule has 0 spiro atoms. The van der Waals surface area contributed by atoms with Gasteiger partial charge >= 0.3 is 6.18 Å². The van der Waals surface area contributed by atoms with Crippen LogP contribution in [0.3, 0.4) is 0 Å². The molecule has 21 heavy (non-hydrogen) atoms. The van der Waals surface area contributed by atoms with E-state index in [1.165, 1.54) is 6.07 Å². The van der Waals surface area contributed by atoms with Gasteiger partial charge in [0.2, 0.25) is 0 Å². The summed E-state index contributed by atoms with van der Waals surface area (Å²) in [5.41, 5.74) is 2.40. The van der Waals surface area contributed by atoms with E-state index < -0.39 is 11.7 Å². The van der Waals surface area contributed by atoms with E-state index in [9.17, 15) is 13.2 Å². The quantitative estimate of drug-likeness (QED) is 0.656. The molecule has 0 aliphatic carbocycles. The molecule has 3 rings (SSSR count). The summed E-state index contributed by atoms with van der Waals surface area (Å²) >= 11 is 6.04. The van der Waals surface area contributed by atoms with E-state index in [2.05, 4.69) is 10.2 Å². The van der Waals surface area contributed by atoms with Crippen molar-refractivity contribution in [3.05, 3.63) is 52.7 Å². The van der Waals surface area contributed by atoms with Crippen LogP contribution in [0.1, 0.15) is 11.1 Å². The molecule has 1 heterocycles. The molecule has 0 amide bonds. The molecule has 0 aliphatic heterocycles. The van der Waals surface area contributed by atoms with E-state index in [1.807, 2.05) is 19.1 Å². The fourth-order valence-electron chi connectivity index (χ4n) is 2.30. The summed E-state index contributed by atoms with van der Waals surface area (Å²) in [6.07, 6.45) is -2.73. The second-order valence-corrected chi connectivity index (χ2v) is 5.22. The van der Waals surface area contributed by atoms with Crippen molar-refractivity contribution >= 4 is 22.5 Å². The van der Waals surface area contributed by atoms with Gasteiger partial charge in [0.1, 0.15) is 0 Å². The van der Waals surface area contributed by atoms with Crippen molar-refractivity contribution in [2.45, 2.75) is 13.1 Å². The number of hydrogen-bond donors (Lipinski definition) is 1. The number of aromatic amines is 1. The first-order chi connectivity index (χ1) is 9.86. The first-order valence-corrected chi connectivity index (χ1v) is 6.55. The Morgan fingerprint density at radius 2 is 1.86 bits per heavy atom. The minimum absolute atomic E-state index is 0.0794. The zero-order valence-electron chi connectivity index (χ0n) is 10.9. The lowest BCUT2D eigenvalue weighted by Gasteiger charge is -2.12. The Hall–Kier alpha value is -2.01. The van der Waals surface area contributed by atoms with Crippen molar-refractivity contribution in [1.82, 2.24) is 10.2 Å². The van der Waals surface area contributed by atoms with E-state index in [0.717, 1.165) is 34.2 Å². The number of fused-ring (bicyclic) bond motifs is 1. The van der Waals surface area contributed by atoms with Crippen molar-refractivity contribution in [3.8, 4) is 11.1 Å². The first kappa shape index (κ1) is 13.9. The van der Waals surface area contributed by atoms with Crippen molar-refractivity contribution < 1.29 is 13.2 Å². The molecule has 0 saturated heterocycles. The summed E-state index contributed by atoms with van der Waals surface area (Å²) in [7, 11) is 0. The number of benzene rings is 2. The van der Waals surface area contributed by atoms with Gasteiger partial charge in [-0.25, -0.2) is 0 Å². The Kier molecular flexibility index (Phi) is 3.17. The average Bonchev–Trinajstić information content (AvgIpc) is 2.84. The van der Waals surface area contributed by atoms with Crippen LogP contribution in [0.15, 0.2) is 36.5 Å². The molecule has 108 valence electrons. The summed E-state index contributed by atoms with van der Waals surface area (Å²) in [6.45, 7) is 1.88. The zero-order chi connectivity index (χ0) is 15.2. The number of aromatic nitrogens is 2. The number of halogens is 4. The summed E-state index contributed by atoms with van der Waals surface area (Å²) < 4.78 is 38.0. The molecule has 1 aromatic heterocycles. The van der Waals surface area contributed by atoms with Crippen LogP contribution in [0.5, 0.6) is 0 Å². The van der Waals surface area contributed by atoms with Gasteiger partial charge in [0.15, 0.2) is 0 Å². The van der Waals surface area contributed by atoms with Crippen LogP contribution in [-0.2, 0) is 6.18 Å². The monoisotopic (exact) mass is 310 g/mol. The molecule has 2 nitrogen and oxygen atoms in total. The molecule has 2 aromatic carbocycles. The maximum Gasteiger partial charge on any atom is 0.416 e. The third-order valence-electron chi connectivity index (χ3n) is 3.37. The second kappa shape index (κ2) is 4.77. The fourth-order valence-corrected chi connectivity index (χ4v) is 2.58. The van der Waals surface area contributed by atoms with Crippen molar-refractivity contribution in [2.24, 2.45) is 0 Å². The van der Waals surface area contributed by atoms with Gasteiger partial charge in [0.05, 0.1) is 17.3 Å². The lowest BCUT2D eigenvalue weighted by atomic mass is 9.97. The number of nitrogens with one attached hydrogen (secondary N) is 1. The molecule has 6 heteroatoms. The SMILES string of the molecule is Cc1cc2[nH]ncc2cc1-c1ccc(C(F)(F)F)cc1Cl. The number of H-pyrrole nitrogens is 1. The summed E-state index contributed by atoms with van der Waals surface area (Å²) in [5, 5.41) is 7.75. The average molecular weight is 311 g/mol. The highest BCUT2D eigenvalue weighted by molar-refractivity contribution is 6.33. The molecule has 0 bridgehead atoms. The standard InChI is InChI=1S/C15H10ClF3N2/c1-8-4-14-9(7-20-21-14)5-12(8)11-3-2-10(6-13(11)16)15(17,18)19/h2-7H,1H3,(H,20,21). The molecule has 0 atom stereocenters. The Balaban J connectivity index is 2.16. The third-order valence-corrected chi connectivity index (χ3v) is 3.68. The number of alkyl halides is 3. The lowest BCUT2D eigenvalue weighted by molar-refractivity contribution is -0.137. The van der Waals surface area contributed by atoms with E-state index in [1.54, 1.807) is 6.20 Å². The van der Waals surface area contributed by atoms with E-state index >= 15 is 0 Å². The molecule has 0 aliphatic rings. The topological polar surface area (TPSA) is 28.7 Å². The van der Waals surface area contributed by atoms with Crippen molar-refractivity contribution in [3.63, 3.8) is 0 Å². The van der Waals surface area contributed by atoms with Crippen LogP contribution in [0.25, 0.3) is 22.0 Å². The highest BCUT2D eigenvalue weighted by Gasteiger charge is 2.31. The predicted octanol–water partition coefficient (Wildman–Crippen LogP) is 5.21. The van der Waals surface area contributed by atoms with Crippen molar-refractivity contribution in [2.75, 3.05) is 0 Å². The van der Waals surface area contributed by atoms with E-state index in [-0.39, 0.29) is 5.02 Å². The highest BCUT2D eigenvalue weighted by atomic mass is 35.5. The Morgan fingerprint density at radius 1 is 1.10 bits per heavy atom. The summed E-state index contributed by atoms with van der Waals surface area (Å²) in [4.78, 5) is 0. The zero-order valence-corrected chi connectivity index (χ0v) is 11.7. The minimum atomic E-state index is -4.40. The molecule has 0 saturated carbocycles. The molecule has 3 aromatic rings. The van der Waals surface area contributed by atoms with Crippen LogP contribution < -0.4 is 0 Å². The van der Waals surface area contributed by atoms with Crippen LogP contribution in [-0.4, -0.2) is 10.2 Å². The van der Waals surface area contributed by atoms with Gasteiger partial charge in [-0.3, -0.25) is 5.10 Å². The van der Waals surface area contributed by atoms with Crippen LogP contribution in [0.2, 0.25) is 5.02 Å². The largest absolute Gasteiger partial charge is 0.416 e. The van der Waals surface area contributed by atoms with Crippen LogP contribution in [0.4, 0.5) is 13.2 Å². The smallest absolute Gasteiger partial charge is 0.278 e. The minimum Gasteiger partial charge on any atom is -0.278 e. The Morgan fingerprint density at radius 3 is 2.52 bits per heavy atom. The van der Waals surface area contributed by atoms with Gasteiger partial charge in [0.25, 0.3) is 0 Å². The van der Waals surface area contributed by atoms with E-state index in [0.29, 0.717) is 5.56 Å². The lowest BCUT2D eigenvalue weighted by Crippen LogP contribution is -2.04. The molecular weight excluding hydrogens is 301 g/mol. The Labute approximate surface area is 123 Å². The van der Waals surface area contributed by atoms with Gasteiger partial charge < -0.3 is 0 Å². The number of aryl methyl sites for hydroxylation is 1. The maximum absolute atomic E-state index is 12.7. The number of hydrogen-bond acceptors (Lipinski definition) is 1. The van der Waals surface area contributed by atoms with Crippen LogP contribution >= 0.6 is 11.6 Å². The third kappa shape index (κ3) is 2.49. The molecule has 0 unspecified atom stereocenters. The molecule has 0 fully saturated rings. The normalized spacial score (nSPS) is 12.0. The van der Waals surface area contributed by atoms with Crippen molar-refractivity contribution in [1.29, 1.82) is 0 Å². The summed E-state index contributed by atoms with van der Waals surface area (Å²) in [5.74, 6) is 0. The number of rotatable bonds is 1. The highest BCUT2D eigenvalue weighted by Crippen LogP contribution is 2.37. The first-order valence-electron chi connectivity index (χ1n) is 6.17. The molecular formula is C15H10ClF3N2. The predicted molar refractivity (Wildman–Crippen MR) is 76.3 cm³/mol. The van der Waals surface area contributed by atoms with Gasteiger partial charge in [-0.15, -0.1) is 0 Å². The van der Waals surface area contributed by atoms with Gasteiger partial charge in [-0.1, -0.05) is 17.7 Å². The number of nitrogens with zero attached hydrogens (tertiary/aromatic N) is 1. The second-order valence-electron chi connectivity index (χ2n) is 4.82. The Bertz CT molecular complexity index is 821. The summed E-state index contributed by atoms with van der Waals surface area (Å²) in [6, 6.07) is 7.16. The molecule has 0 radical (unpaired) electrons. The van der Waals surface area contributed by atoms with Gasteiger partial charge in [-0.2, -0.15) is 18.3 Å². The maximum atomic E-state index is 12.7.